The number of carbonyl (C=O) groups is 5. The average Bonchev–Trinajstić information content (AvgIpc) is 2.48. The second-order valence-corrected chi connectivity index (χ2v) is 4.74. The smallest absolute Gasteiger partial charge is 0.382 e. The first-order chi connectivity index (χ1) is 10.4. The second-order valence-electron chi connectivity index (χ2n) is 4.74. The van der Waals surface area contributed by atoms with Gasteiger partial charge in [0.15, 0.2) is 0 Å². The van der Waals surface area contributed by atoms with Crippen LogP contribution < -0.4 is 0 Å². The molecule has 0 aliphatic rings. The molecule has 0 fully saturated rings. The van der Waals surface area contributed by atoms with E-state index in [1.807, 2.05) is 13.8 Å². The Kier molecular flexibility index (Phi) is 10.5. The summed E-state index contributed by atoms with van der Waals surface area (Å²) in [5, 5.41) is 0. The minimum Gasteiger partial charge on any atom is -0.393 e. The fraction of sp³-hybridized carbons (Fsp3) is 0.667. The van der Waals surface area contributed by atoms with Crippen LogP contribution in [-0.4, -0.2) is 29.7 Å². The molecular formula is C15H22O7. The first kappa shape index (κ1) is 19.9. The van der Waals surface area contributed by atoms with Crippen LogP contribution in [0.25, 0.3) is 0 Å². The molecule has 0 aromatic rings. The van der Waals surface area contributed by atoms with E-state index in [0.717, 1.165) is 12.8 Å². The highest BCUT2D eigenvalue weighted by Gasteiger charge is 2.21. The van der Waals surface area contributed by atoms with E-state index in [4.69, 9.17) is 0 Å². The highest BCUT2D eigenvalue weighted by atomic mass is 16.6. The van der Waals surface area contributed by atoms with E-state index in [-0.39, 0.29) is 12.8 Å². The van der Waals surface area contributed by atoms with Crippen molar-refractivity contribution in [2.75, 3.05) is 0 Å². The lowest BCUT2D eigenvalue weighted by molar-refractivity contribution is -0.164. The zero-order valence-corrected chi connectivity index (χ0v) is 13.0. The molecule has 0 atom stereocenters. The summed E-state index contributed by atoms with van der Waals surface area (Å²) >= 11 is 0. The molecule has 0 unspecified atom stereocenters. The number of ether oxygens (including phenoxy) is 2. The zero-order chi connectivity index (χ0) is 17.0. The monoisotopic (exact) mass is 314 g/mol. The Morgan fingerprint density at radius 1 is 0.636 bits per heavy atom. The van der Waals surface area contributed by atoms with Crippen LogP contribution in [0.3, 0.4) is 0 Å². The van der Waals surface area contributed by atoms with Crippen LogP contribution in [-0.2, 0) is 33.4 Å². The number of Topliss-reactive ketones (excluding diaryl/α,β-unsaturated/α-hetero) is 1. The summed E-state index contributed by atoms with van der Waals surface area (Å²) in [5.41, 5.74) is 0. The third-order valence-corrected chi connectivity index (χ3v) is 2.69. The lowest BCUT2D eigenvalue weighted by Gasteiger charge is -2.03. The van der Waals surface area contributed by atoms with Crippen molar-refractivity contribution in [2.45, 2.75) is 65.2 Å². The molecule has 0 aromatic heterocycles. The fourth-order valence-electron chi connectivity index (χ4n) is 1.40. The maximum atomic E-state index is 11.4. The SMILES string of the molecule is CCCCC(=O)OC(=O)CCC(=O)C(=O)OC(=O)CCCC. The summed E-state index contributed by atoms with van der Waals surface area (Å²) in [6.45, 7) is 3.76. The Bertz CT molecular complexity index is 426. The molecular weight excluding hydrogens is 292 g/mol. The molecule has 0 saturated heterocycles. The Balaban J connectivity index is 4.01. The molecule has 22 heavy (non-hydrogen) atoms. The summed E-state index contributed by atoms with van der Waals surface area (Å²) < 4.78 is 8.80. The molecule has 124 valence electrons. The molecule has 0 N–H and O–H groups in total. The van der Waals surface area contributed by atoms with Crippen molar-refractivity contribution in [3.63, 3.8) is 0 Å². The van der Waals surface area contributed by atoms with Gasteiger partial charge in [-0.05, 0) is 12.8 Å². The van der Waals surface area contributed by atoms with Gasteiger partial charge in [0, 0.05) is 19.3 Å². The molecule has 7 nitrogen and oxygen atoms in total. The van der Waals surface area contributed by atoms with E-state index in [2.05, 4.69) is 9.47 Å². The molecule has 7 heteroatoms. The number of ketones is 1. The number of unbranched alkanes of at least 4 members (excludes halogenated alkanes) is 2. The molecule has 0 bridgehead atoms. The Labute approximate surface area is 129 Å². The van der Waals surface area contributed by atoms with Crippen LogP contribution in [0, 0.1) is 0 Å². The van der Waals surface area contributed by atoms with Crippen molar-refractivity contribution in [1.29, 1.82) is 0 Å². The second kappa shape index (κ2) is 11.6. The standard InChI is InChI=1S/C15H22O7/c1-3-5-7-12(17)21-14(19)10-9-11(16)15(20)22-13(18)8-6-4-2/h3-10H2,1-2H3. The normalized spacial score (nSPS) is 9.91. The van der Waals surface area contributed by atoms with E-state index in [9.17, 15) is 24.0 Å². The van der Waals surface area contributed by atoms with Gasteiger partial charge in [0.2, 0.25) is 5.78 Å². The molecule has 0 radical (unpaired) electrons. The van der Waals surface area contributed by atoms with Gasteiger partial charge < -0.3 is 9.47 Å². The van der Waals surface area contributed by atoms with Crippen LogP contribution in [0.15, 0.2) is 0 Å². The first-order valence-electron chi connectivity index (χ1n) is 7.42. The number of hydrogen-bond acceptors (Lipinski definition) is 7. The predicted octanol–water partition coefficient (Wildman–Crippen LogP) is 1.86. The van der Waals surface area contributed by atoms with Gasteiger partial charge in [-0.25, -0.2) is 4.79 Å². The number of carbonyl (C=O) groups excluding carboxylic acids is 5. The van der Waals surface area contributed by atoms with Crippen molar-refractivity contribution in [3.8, 4) is 0 Å². The minimum atomic E-state index is -1.29. The van der Waals surface area contributed by atoms with Crippen LogP contribution in [0.4, 0.5) is 0 Å². The first-order valence-corrected chi connectivity index (χ1v) is 7.42. The largest absolute Gasteiger partial charge is 0.393 e. The number of esters is 4. The van der Waals surface area contributed by atoms with Gasteiger partial charge in [0.05, 0.1) is 6.42 Å². The highest BCUT2D eigenvalue weighted by Crippen LogP contribution is 2.02. The zero-order valence-electron chi connectivity index (χ0n) is 13.0. The minimum absolute atomic E-state index is 0.0590. The molecule has 0 amide bonds. The third-order valence-electron chi connectivity index (χ3n) is 2.69. The molecule has 0 rings (SSSR count). The van der Waals surface area contributed by atoms with Crippen LogP contribution >= 0.6 is 0 Å². The molecule has 0 aliphatic carbocycles. The van der Waals surface area contributed by atoms with Crippen LogP contribution in [0.2, 0.25) is 0 Å². The van der Waals surface area contributed by atoms with E-state index < -0.39 is 42.5 Å². The molecule has 0 aromatic carbocycles. The maximum absolute atomic E-state index is 11.4. The average molecular weight is 314 g/mol. The van der Waals surface area contributed by atoms with Gasteiger partial charge in [-0.3, -0.25) is 19.2 Å². The van der Waals surface area contributed by atoms with Crippen molar-refractivity contribution in [2.24, 2.45) is 0 Å². The fourth-order valence-corrected chi connectivity index (χ4v) is 1.40. The molecule has 0 saturated carbocycles. The molecule has 0 spiro atoms. The van der Waals surface area contributed by atoms with Gasteiger partial charge in [-0.1, -0.05) is 26.7 Å². The Morgan fingerprint density at radius 3 is 1.59 bits per heavy atom. The lowest BCUT2D eigenvalue weighted by Crippen LogP contribution is -2.22. The van der Waals surface area contributed by atoms with E-state index >= 15 is 0 Å². The van der Waals surface area contributed by atoms with E-state index in [1.165, 1.54) is 0 Å². The van der Waals surface area contributed by atoms with E-state index in [0.29, 0.717) is 12.8 Å². The van der Waals surface area contributed by atoms with Crippen molar-refractivity contribution >= 4 is 29.7 Å². The maximum Gasteiger partial charge on any atom is 0.382 e. The van der Waals surface area contributed by atoms with Crippen LogP contribution in [0.5, 0.6) is 0 Å². The molecule has 0 heterocycles. The Hall–Kier alpha value is -2.05. The number of hydrogen-bond donors (Lipinski definition) is 0. The van der Waals surface area contributed by atoms with Gasteiger partial charge in [0.25, 0.3) is 0 Å². The summed E-state index contributed by atoms with van der Waals surface area (Å²) in [5.74, 6) is -4.58. The van der Waals surface area contributed by atoms with Gasteiger partial charge >= 0.3 is 23.9 Å². The van der Waals surface area contributed by atoms with Crippen molar-refractivity contribution in [1.82, 2.24) is 0 Å². The lowest BCUT2D eigenvalue weighted by atomic mass is 10.2. The molecule has 0 aliphatic heterocycles. The predicted molar refractivity (Wildman–Crippen MR) is 75.5 cm³/mol. The highest BCUT2D eigenvalue weighted by molar-refractivity contribution is 6.35. The van der Waals surface area contributed by atoms with Gasteiger partial charge in [0.1, 0.15) is 0 Å². The third kappa shape index (κ3) is 9.79. The topological polar surface area (TPSA) is 104 Å². The van der Waals surface area contributed by atoms with Gasteiger partial charge in [-0.15, -0.1) is 0 Å². The Morgan fingerprint density at radius 2 is 1.09 bits per heavy atom. The van der Waals surface area contributed by atoms with Gasteiger partial charge in [-0.2, -0.15) is 0 Å². The van der Waals surface area contributed by atoms with E-state index in [1.54, 1.807) is 0 Å². The van der Waals surface area contributed by atoms with Crippen LogP contribution in [0.1, 0.15) is 65.2 Å². The summed E-state index contributed by atoms with van der Waals surface area (Å²) in [6, 6.07) is 0. The van der Waals surface area contributed by atoms with Crippen molar-refractivity contribution in [3.05, 3.63) is 0 Å². The summed E-state index contributed by atoms with van der Waals surface area (Å²) in [7, 11) is 0. The number of rotatable bonds is 10. The van der Waals surface area contributed by atoms with Crippen molar-refractivity contribution < 1.29 is 33.4 Å². The quantitative estimate of drug-likeness (QED) is 0.344. The summed E-state index contributed by atoms with van der Waals surface area (Å²) in [4.78, 5) is 56.3. The summed E-state index contributed by atoms with van der Waals surface area (Å²) in [6.07, 6.45) is 2.04.